The molecule has 1 amide bonds. The number of aromatic nitrogens is 5. The van der Waals surface area contributed by atoms with E-state index in [1.165, 1.54) is 6.33 Å². The van der Waals surface area contributed by atoms with E-state index in [1.54, 1.807) is 42.9 Å². The number of anilines is 2. The first-order chi connectivity index (χ1) is 19.8. The van der Waals surface area contributed by atoms with E-state index < -0.39 is 15.5 Å². The van der Waals surface area contributed by atoms with Crippen molar-refractivity contribution < 1.29 is 27.6 Å². The topological polar surface area (TPSA) is 173 Å². The molecule has 4 heterocycles. The van der Waals surface area contributed by atoms with Crippen LogP contribution in [0.25, 0.3) is 16.6 Å². The zero-order valence-corrected chi connectivity index (χ0v) is 24.6. The molecule has 0 atom stereocenters. The molecule has 0 fully saturated rings. The number of nitrogens with one attached hydrogen (secondary N) is 2. The highest BCUT2D eigenvalue weighted by Crippen LogP contribution is 2.33. The number of aliphatic hydroxyl groups excluding tert-OH is 1. The summed E-state index contributed by atoms with van der Waals surface area (Å²) in [5.74, 6) is 1.52. The van der Waals surface area contributed by atoms with Crippen LogP contribution in [0, 0.1) is 5.41 Å². The maximum absolute atomic E-state index is 12.3. The lowest BCUT2D eigenvalue weighted by Gasteiger charge is -2.20. The number of benzene rings is 1. The number of hydrogen-bond donors (Lipinski definition) is 4. The largest absolute Gasteiger partial charge is 0.454 e. The zero-order valence-electron chi connectivity index (χ0n) is 23.0. The van der Waals surface area contributed by atoms with Gasteiger partial charge in [-0.05, 0) is 56.3 Å². The van der Waals surface area contributed by atoms with Gasteiger partial charge in [-0.1, -0.05) is 11.6 Å². The van der Waals surface area contributed by atoms with Crippen molar-refractivity contribution in [2.45, 2.75) is 20.4 Å². The average molecular weight is 616 g/mol. The Morgan fingerprint density at radius 2 is 1.90 bits per heavy atom. The first-order valence-electron chi connectivity index (χ1n) is 12.6. The zero-order chi connectivity index (χ0) is 30.5. The molecule has 0 aliphatic carbocycles. The van der Waals surface area contributed by atoms with Crippen molar-refractivity contribution in [1.29, 1.82) is 0 Å². The molecule has 0 saturated heterocycles. The summed E-state index contributed by atoms with van der Waals surface area (Å²) in [6.45, 7) is 4.07. The first-order valence-corrected chi connectivity index (χ1v) is 14.9. The molecule has 0 aliphatic heterocycles. The highest BCUT2D eigenvalue weighted by molar-refractivity contribution is 7.85. The predicted octanol–water partition coefficient (Wildman–Crippen LogP) is 3.91. The summed E-state index contributed by atoms with van der Waals surface area (Å²) in [4.78, 5) is 21.0. The molecule has 42 heavy (non-hydrogen) atoms. The SMILES string of the molecule is CC(C)(CO)C(=O)NCCn1ccc2ncnc(Nc3ccc(Oc4ccc5ccnn5c4)c(Cl)c3)c21.CS(=O)(=O)O. The van der Waals surface area contributed by atoms with Crippen LogP contribution < -0.4 is 15.4 Å². The maximum atomic E-state index is 12.3. The Labute approximate surface area is 246 Å². The van der Waals surface area contributed by atoms with Crippen LogP contribution in [-0.4, -0.2) is 67.5 Å². The van der Waals surface area contributed by atoms with Crippen molar-refractivity contribution in [3.63, 3.8) is 0 Å². The Morgan fingerprint density at radius 3 is 2.62 bits per heavy atom. The fourth-order valence-corrected chi connectivity index (χ4v) is 4.01. The number of aliphatic hydroxyl groups is 1. The van der Waals surface area contributed by atoms with Crippen LogP contribution in [-0.2, 0) is 21.5 Å². The van der Waals surface area contributed by atoms with Crippen LogP contribution in [0.1, 0.15) is 13.8 Å². The molecule has 0 bridgehead atoms. The summed E-state index contributed by atoms with van der Waals surface area (Å²) >= 11 is 6.53. The Balaban J connectivity index is 0.000000748. The number of nitrogens with zero attached hydrogens (tertiary/aromatic N) is 5. The van der Waals surface area contributed by atoms with Crippen LogP contribution in [0.15, 0.2) is 67.4 Å². The van der Waals surface area contributed by atoms with Gasteiger partial charge in [-0.15, -0.1) is 0 Å². The summed E-state index contributed by atoms with van der Waals surface area (Å²) in [5, 5.41) is 20.2. The number of pyridine rings is 1. The first kappa shape index (κ1) is 30.7. The summed E-state index contributed by atoms with van der Waals surface area (Å²) in [6.07, 6.45) is 7.62. The van der Waals surface area contributed by atoms with Gasteiger partial charge in [0.2, 0.25) is 5.91 Å². The summed E-state index contributed by atoms with van der Waals surface area (Å²) in [7, 11) is -3.67. The van der Waals surface area contributed by atoms with Gasteiger partial charge in [-0.25, -0.2) is 14.5 Å². The lowest BCUT2D eigenvalue weighted by atomic mass is 9.94. The second-order valence-electron chi connectivity index (χ2n) is 9.93. The Morgan fingerprint density at radius 1 is 1.14 bits per heavy atom. The van der Waals surface area contributed by atoms with Crippen molar-refractivity contribution in [2.24, 2.45) is 5.41 Å². The standard InChI is InChI=1S/C26H26ClN7O3.CH4O3S/c1-26(2,15-35)25(36)28-10-12-33-11-8-21-23(33)24(30-16-29-21)32-17-3-6-22(20(27)13-17)37-19-5-4-18-7-9-31-34(18)14-19;1-5(2,3)4/h3-9,11,13-14,16,35H,10,12,15H2,1-2H3,(H,28,36)(H,29,30,32);1H3,(H,2,3,4). The monoisotopic (exact) mass is 615 g/mol. The van der Waals surface area contributed by atoms with Gasteiger partial charge in [0.25, 0.3) is 10.1 Å². The van der Waals surface area contributed by atoms with Gasteiger partial charge in [-0.3, -0.25) is 9.35 Å². The number of carbonyl (C=O) groups excluding carboxylic acids is 1. The molecule has 222 valence electrons. The van der Waals surface area contributed by atoms with Crippen LogP contribution in [0.5, 0.6) is 11.5 Å². The third-order valence-corrected chi connectivity index (χ3v) is 6.28. The molecule has 13 nitrogen and oxygen atoms in total. The molecule has 4 aromatic heterocycles. The number of halogens is 1. The van der Waals surface area contributed by atoms with Gasteiger partial charge in [0.1, 0.15) is 23.3 Å². The number of rotatable bonds is 9. The predicted molar refractivity (Wildman–Crippen MR) is 159 cm³/mol. The molecular weight excluding hydrogens is 586 g/mol. The highest BCUT2D eigenvalue weighted by atomic mass is 35.5. The van der Waals surface area contributed by atoms with Crippen molar-refractivity contribution in [1.82, 2.24) is 29.5 Å². The quantitative estimate of drug-likeness (QED) is 0.178. The van der Waals surface area contributed by atoms with E-state index in [4.69, 9.17) is 20.9 Å². The molecule has 15 heteroatoms. The van der Waals surface area contributed by atoms with Gasteiger partial charge in [-0.2, -0.15) is 13.5 Å². The molecule has 1 aromatic carbocycles. The minimum atomic E-state index is -3.67. The fraction of sp³-hybridized carbons (Fsp3) is 0.259. The van der Waals surface area contributed by atoms with Crippen molar-refractivity contribution in [2.75, 3.05) is 24.7 Å². The Hall–Kier alpha value is -4.24. The lowest BCUT2D eigenvalue weighted by molar-refractivity contribution is -0.131. The molecule has 0 unspecified atom stereocenters. The number of fused-ring (bicyclic) bond motifs is 2. The van der Waals surface area contributed by atoms with E-state index >= 15 is 0 Å². The maximum Gasteiger partial charge on any atom is 0.261 e. The number of hydrogen-bond acceptors (Lipinski definition) is 9. The van der Waals surface area contributed by atoms with Gasteiger partial charge >= 0.3 is 0 Å². The molecular formula is C27H30ClN7O6S. The Bertz CT molecular complexity index is 1810. The smallest absolute Gasteiger partial charge is 0.261 e. The minimum Gasteiger partial charge on any atom is -0.454 e. The second-order valence-corrected chi connectivity index (χ2v) is 11.8. The van der Waals surface area contributed by atoms with E-state index in [0.717, 1.165) is 22.2 Å². The summed E-state index contributed by atoms with van der Waals surface area (Å²) < 4.78 is 35.5. The van der Waals surface area contributed by atoms with Crippen LogP contribution in [0.4, 0.5) is 11.5 Å². The van der Waals surface area contributed by atoms with E-state index in [1.807, 2.05) is 41.1 Å². The van der Waals surface area contributed by atoms with Gasteiger partial charge in [0.05, 0.1) is 40.5 Å². The third-order valence-electron chi connectivity index (χ3n) is 5.99. The van der Waals surface area contributed by atoms with Gasteiger partial charge in [0.15, 0.2) is 5.82 Å². The lowest BCUT2D eigenvalue weighted by Crippen LogP contribution is -2.40. The number of carbonyl (C=O) groups is 1. The van der Waals surface area contributed by atoms with Crippen LogP contribution in [0.3, 0.4) is 0 Å². The van der Waals surface area contributed by atoms with Gasteiger partial charge < -0.3 is 25.0 Å². The molecule has 0 aliphatic rings. The molecule has 0 saturated carbocycles. The fourth-order valence-electron chi connectivity index (χ4n) is 3.79. The van der Waals surface area contributed by atoms with E-state index in [-0.39, 0.29) is 12.5 Å². The normalized spacial score (nSPS) is 11.7. The number of amides is 1. The molecule has 4 N–H and O–H groups in total. The van der Waals surface area contributed by atoms with Crippen molar-refractivity contribution >= 4 is 55.7 Å². The molecule has 5 aromatic rings. The summed E-state index contributed by atoms with van der Waals surface area (Å²) in [5.41, 5.74) is 2.41. The molecule has 0 radical (unpaired) electrons. The number of ether oxygens (including phenoxy) is 1. The van der Waals surface area contributed by atoms with Crippen LogP contribution in [0.2, 0.25) is 5.02 Å². The molecule has 0 spiro atoms. The second kappa shape index (κ2) is 12.7. The van der Waals surface area contributed by atoms with Crippen LogP contribution >= 0.6 is 11.6 Å². The van der Waals surface area contributed by atoms with E-state index in [2.05, 4.69) is 25.7 Å². The van der Waals surface area contributed by atoms with Gasteiger partial charge in [0, 0.05) is 31.2 Å². The third kappa shape index (κ3) is 7.94. The average Bonchev–Trinajstić information content (AvgIpc) is 3.56. The van der Waals surface area contributed by atoms with E-state index in [0.29, 0.717) is 41.7 Å². The Kier molecular flexibility index (Phi) is 9.31. The van der Waals surface area contributed by atoms with E-state index in [9.17, 15) is 18.3 Å². The highest BCUT2D eigenvalue weighted by Gasteiger charge is 2.26. The van der Waals surface area contributed by atoms with Crippen molar-refractivity contribution in [3.8, 4) is 11.5 Å². The molecule has 5 rings (SSSR count). The minimum absolute atomic E-state index is 0.206. The summed E-state index contributed by atoms with van der Waals surface area (Å²) in [6, 6.07) is 13.0. The van der Waals surface area contributed by atoms with Crippen molar-refractivity contribution in [3.05, 3.63) is 72.4 Å².